The molecule has 6 heteroatoms. The molecule has 1 saturated heterocycles. The lowest BCUT2D eigenvalue weighted by atomic mass is 10.1. The third-order valence-corrected chi connectivity index (χ3v) is 3.27. The maximum absolute atomic E-state index is 12.0. The number of rotatable bonds is 4. The van der Waals surface area contributed by atoms with Gasteiger partial charge in [-0.3, -0.25) is 9.78 Å². The Morgan fingerprint density at radius 3 is 2.85 bits per heavy atom. The number of piperidine rings is 1. The molecule has 0 N–H and O–H groups in total. The van der Waals surface area contributed by atoms with E-state index >= 15 is 0 Å². The topological polar surface area (TPSA) is 64.6 Å². The van der Waals surface area contributed by atoms with E-state index in [1.165, 1.54) is 13.3 Å². The highest BCUT2D eigenvalue weighted by Gasteiger charge is 2.26. The summed E-state index contributed by atoms with van der Waals surface area (Å²) in [4.78, 5) is 22.1. The molecule has 1 aliphatic rings. The van der Waals surface area contributed by atoms with Crippen molar-refractivity contribution in [3.05, 3.63) is 12.4 Å². The van der Waals surface area contributed by atoms with Crippen LogP contribution in [0.1, 0.15) is 26.7 Å². The lowest BCUT2D eigenvalue weighted by Gasteiger charge is -2.33. The minimum Gasteiger partial charge on any atom is -0.480 e. The molecule has 0 saturated carbocycles. The Hall–Kier alpha value is -1.85. The molecule has 0 bridgehead atoms. The van der Waals surface area contributed by atoms with Crippen molar-refractivity contribution in [2.45, 2.75) is 32.8 Å². The van der Waals surface area contributed by atoms with Crippen molar-refractivity contribution in [3.63, 3.8) is 0 Å². The summed E-state index contributed by atoms with van der Waals surface area (Å²) in [6.45, 7) is 5.25. The standard InChI is InChI=1S/C14H21N3O3/c1-10(2)14(18)17-6-4-5-11(9-17)20-13-8-15-7-12(16-13)19-3/h7-8,10-11H,4-6,9H2,1-3H3. The van der Waals surface area contributed by atoms with E-state index in [-0.39, 0.29) is 17.9 Å². The Morgan fingerprint density at radius 1 is 1.40 bits per heavy atom. The van der Waals surface area contributed by atoms with Crippen molar-refractivity contribution >= 4 is 5.91 Å². The van der Waals surface area contributed by atoms with Gasteiger partial charge in [-0.05, 0) is 12.8 Å². The van der Waals surface area contributed by atoms with Gasteiger partial charge in [-0.15, -0.1) is 0 Å². The number of hydrogen-bond acceptors (Lipinski definition) is 5. The second-order valence-corrected chi connectivity index (χ2v) is 5.22. The molecule has 1 unspecified atom stereocenters. The summed E-state index contributed by atoms with van der Waals surface area (Å²) < 4.78 is 10.8. The van der Waals surface area contributed by atoms with Crippen molar-refractivity contribution in [1.29, 1.82) is 0 Å². The van der Waals surface area contributed by atoms with Crippen molar-refractivity contribution < 1.29 is 14.3 Å². The largest absolute Gasteiger partial charge is 0.480 e. The number of ether oxygens (including phenoxy) is 2. The van der Waals surface area contributed by atoms with Crippen LogP contribution in [-0.2, 0) is 4.79 Å². The van der Waals surface area contributed by atoms with Gasteiger partial charge in [0.05, 0.1) is 26.0 Å². The molecule has 110 valence electrons. The summed E-state index contributed by atoms with van der Waals surface area (Å²) in [5.41, 5.74) is 0. The molecule has 0 spiro atoms. The van der Waals surface area contributed by atoms with Crippen LogP contribution in [0.25, 0.3) is 0 Å². The fourth-order valence-electron chi connectivity index (χ4n) is 2.26. The van der Waals surface area contributed by atoms with Crippen LogP contribution in [0.5, 0.6) is 11.8 Å². The third kappa shape index (κ3) is 3.59. The first-order valence-corrected chi connectivity index (χ1v) is 6.91. The van der Waals surface area contributed by atoms with Gasteiger partial charge in [-0.2, -0.15) is 4.98 Å². The predicted octanol–water partition coefficient (Wildman–Crippen LogP) is 1.51. The summed E-state index contributed by atoms with van der Waals surface area (Å²) in [6.07, 6.45) is 4.92. The Bertz CT molecular complexity index is 465. The molecule has 1 aromatic heterocycles. The van der Waals surface area contributed by atoms with Gasteiger partial charge in [-0.1, -0.05) is 13.8 Å². The Balaban J connectivity index is 1.97. The normalized spacial score (nSPS) is 19.0. The molecule has 20 heavy (non-hydrogen) atoms. The van der Waals surface area contributed by atoms with Gasteiger partial charge in [-0.25, -0.2) is 0 Å². The molecular weight excluding hydrogens is 258 g/mol. The fraction of sp³-hybridized carbons (Fsp3) is 0.643. The van der Waals surface area contributed by atoms with Gasteiger partial charge in [0.2, 0.25) is 17.7 Å². The quantitative estimate of drug-likeness (QED) is 0.836. The highest BCUT2D eigenvalue weighted by molar-refractivity contribution is 5.78. The number of aromatic nitrogens is 2. The van der Waals surface area contributed by atoms with E-state index in [4.69, 9.17) is 9.47 Å². The average molecular weight is 279 g/mol. The zero-order valence-electron chi connectivity index (χ0n) is 12.2. The van der Waals surface area contributed by atoms with E-state index in [0.717, 1.165) is 19.4 Å². The molecule has 2 rings (SSSR count). The van der Waals surface area contributed by atoms with E-state index in [2.05, 4.69) is 9.97 Å². The van der Waals surface area contributed by atoms with Crippen molar-refractivity contribution in [2.24, 2.45) is 5.92 Å². The molecule has 0 aliphatic carbocycles. The molecule has 0 aromatic carbocycles. The highest BCUT2D eigenvalue weighted by atomic mass is 16.5. The smallest absolute Gasteiger partial charge is 0.235 e. The first-order valence-electron chi connectivity index (χ1n) is 6.91. The summed E-state index contributed by atoms with van der Waals surface area (Å²) in [6, 6.07) is 0. The minimum absolute atomic E-state index is 0.0189. The van der Waals surface area contributed by atoms with Gasteiger partial charge >= 0.3 is 0 Å². The first-order chi connectivity index (χ1) is 9.60. The summed E-state index contributed by atoms with van der Waals surface area (Å²) in [5, 5.41) is 0. The van der Waals surface area contributed by atoms with Crippen molar-refractivity contribution in [1.82, 2.24) is 14.9 Å². The maximum atomic E-state index is 12.0. The predicted molar refractivity (Wildman–Crippen MR) is 73.7 cm³/mol. The highest BCUT2D eigenvalue weighted by Crippen LogP contribution is 2.19. The van der Waals surface area contributed by atoms with Crippen LogP contribution in [0.15, 0.2) is 12.4 Å². The minimum atomic E-state index is -0.0344. The lowest BCUT2D eigenvalue weighted by Crippen LogP contribution is -2.45. The Morgan fingerprint density at radius 2 is 2.15 bits per heavy atom. The zero-order valence-corrected chi connectivity index (χ0v) is 12.2. The number of likely N-dealkylation sites (tertiary alicyclic amines) is 1. The van der Waals surface area contributed by atoms with Gasteiger partial charge in [0.15, 0.2) is 0 Å². The SMILES string of the molecule is COc1cncc(OC2CCCN(C(=O)C(C)C)C2)n1. The van der Waals surface area contributed by atoms with E-state index in [1.54, 1.807) is 6.20 Å². The van der Waals surface area contributed by atoms with Crippen LogP contribution in [0.4, 0.5) is 0 Å². The summed E-state index contributed by atoms with van der Waals surface area (Å²) >= 11 is 0. The molecule has 1 atom stereocenters. The van der Waals surface area contributed by atoms with Gasteiger partial charge in [0.1, 0.15) is 6.10 Å². The number of amides is 1. The number of carbonyl (C=O) groups is 1. The third-order valence-electron chi connectivity index (χ3n) is 3.27. The van der Waals surface area contributed by atoms with Crippen LogP contribution in [0.3, 0.4) is 0 Å². The van der Waals surface area contributed by atoms with Gasteiger partial charge < -0.3 is 14.4 Å². The van der Waals surface area contributed by atoms with Crippen LogP contribution >= 0.6 is 0 Å². The van der Waals surface area contributed by atoms with Gasteiger partial charge in [0, 0.05) is 12.5 Å². The molecule has 1 aromatic rings. The molecule has 1 fully saturated rings. The Labute approximate surface area is 119 Å². The van der Waals surface area contributed by atoms with Crippen LogP contribution in [0, 0.1) is 5.92 Å². The number of nitrogens with zero attached hydrogens (tertiary/aromatic N) is 3. The van der Waals surface area contributed by atoms with Crippen molar-refractivity contribution in [2.75, 3.05) is 20.2 Å². The first kappa shape index (κ1) is 14.6. The number of hydrogen-bond donors (Lipinski definition) is 0. The van der Waals surface area contributed by atoms with Crippen LogP contribution in [0.2, 0.25) is 0 Å². The molecule has 1 aliphatic heterocycles. The lowest BCUT2D eigenvalue weighted by molar-refractivity contribution is -0.137. The van der Waals surface area contributed by atoms with E-state index in [9.17, 15) is 4.79 Å². The fourth-order valence-corrected chi connectivity index (χ4v) is 2.26. The zero-order chi connectivity index (χ0) is 14.5. The summed E-state index contributed by atoms with van der Waals surface area (Å²) in [5.74, 6) is 1.06. The molecular formula is C14H21N3O3. The second kappa shape index (κ2) is 6.54. The number of methoxy groups -OCH3 is 1. The molecule has 0 radical (unpaired) electrons. The van der Waals surface area contributed by atoms with Crippen LogP contribution < -0.4 is 9.47 Å². The van der Waals surface area contributed by atoms with E-state index in [1.807, 2.05) is 18.7 Å². The Kier molecular flexibility index (Phi) is 4.76. The molecule has 1 amide bonds. The van der Waals surface area contributed by atoms with E-state index < -0.39 is 0 Å². The maximum Gasteiger partial charge on any atom is 0.235 e. The molecule has 6 nitrogen and oxygen atoms in total. The van der Waals surface area contributed by atoms with E-state index in [0.29, 0.717) is 18.3 Å². The molecule has 2 heterocycles. The van der Waals surface area contributed by atoms with Crippen LogP contribution in [-0.4, -0.2) is 47.1 Å². The number of carbonyl (C=O) groups excluding carboxylic acids is 1. The van der Waals surface area contributed by atoms with Crippen molar-refractivity contribution in [3.8, 4) is 11.8 Å². The monoisotopic (exact) mass is 279 g/mol. The van der Waals surface area contributed by atoms with Gasteiger partial charge in [0.25, 0.3) is 0 Å². The second-order valence-electron chi connectivity index (χ2n) is 5.22. The summed E-state index contributed by atoms with van der Waals surface area (Å²) in [7, 11) is 1.54. The average Bonchev–Trinajstić information content (AvgIpc) is 2.47.